The van der Waals surface area contributed by atoms with E-state index in [1.54, 1.807) is 47.8 Å². The van der Waals surface area contributed by atoms with Crippen molar-refractivity contribution in [3.8, 4) is 22.8 Å². The first kappa shape index (κ1) is 24.3. The van der Waals surface area contributed by atoms with Crippen LogP contribution in [0, 0.1) is 0 Å². The highest BCUT2D eigenvalue weighted by molar-refractivity contribution is 7.13. The summed E-state index contributed by atoms with van der Waals surface area (Å²) >= 11 is 1.13. The van der Waals surface area contributed by atoms with E-state index >= 15 is 0 Å². The topological polar surface area (TPSA) is 105 Å². The highest BCUT2D eigenvalue weighted by Crippen LogP contribution is 2.35. The van der Waals surface area contributed by atoms with Crippen LogP contribution < -0.4 is 10.1 Å². The molecule has 0 saturated heterocycles. The van der Waals surface area contributed by atoms with Gasteiger partial charge >= 0.3 is 6.18 Å². The summed E-state index contributed by atoms with van der Waals surface area (Å²) < 4.78 is 45.5. The summed E-state index contributed by atoms with van der Waals surface area (Å²) in [6, 6.07) is 14.2. The van der Waals surface area contributed by atoms with Crippen LogP contribution in [0.5, 0.6) is 11.5 Å². The summed E-state index contributed by atoms with van der Waals surface area (Å²) in [6.07, 6.45) is -4.28. The van der Waals surface area contributed by atoms with Gasteiger partial charge in [0.25, 0.3) is 5.91 Å². The van der Waals surface area contributed by atoms with Gasteiger partial charge in [-0.15, -0.1) is 11.3 Å². The fourth-order valence-corrected chi connectivity index (χ4v) is 3.66. The van der Waals surface area contributed by atoms with Crippen molar-refractivity contribution < 1.29 is 32.9 Å². The van der Waals surface area contributed by atoms with Crippen LogP contribution in [0.1, 0.15) is 27.7 Å². The van der Waals surface area contributed by atoms with Crippen LogP contribution in [-0.4, -0.2) is 32.7 Å². The molecule has 4 aromatic rings. The molecule has 0 saturated carbocycles. The van der Waals surface area contributed by atoms with E-state index in [0.717, 1.165) is 29.5 Å². The summed E-state index contributed by atoms with van der Waals surface area (Å²) in [5.74, 6) is -0.574. The maximum absolute atomic E-state index is 13.3. The average Bonchev–Trinajstić information content (AvgIpc) is 3.36. The zero-order valence-corrected chi connectivity index (χ0v) is 18.7. The lowest BCUT2D eigenvalue weighted by Crippen LogP contribution is -2.15. The molecule has 0 bridgehead atoms. The molecule has 180 valence electrons. The van der Waals surface area contributed by atoms with Crippen molar-refractivity contribution in [1.82, 2.24) is 9.97 Å². The lowest BCUT2D eigenvalue weighted by molar-refractivity contribution is -0.137. The van der Waals surface area contributed by atoms with Crippen LogP contribution in [0.3, 0.4) is 0 Å². The van der Waals surface area contributed by atoms with Crippen molar-refractivity contribution in [2.24, 2.45) is 0 Å². The number of hydrogen-bond donors (Lipinski definition) is 3. The van der Waals surface area contributed by atoms with E-state index in [1.165, 1.54) is 6.20 Å². The molecule has 1 atom stereocenters. The Balaban J connectivity index is 1.60. The van der Waals surface area contributed by atoms with E-state index in [9.17, 15) is 23.1 Å². The molecule has 0 aliphatic carbocycles. The van der Waals surface area contributed by atoms with Crippen molar-refractivity contribution >= 4 is 22.4 Å². The second-order valence-corrected chi connectivity index (χ2v) is 8.17. The van der Waals surface area contributed by atoms with E-state index < -0.39 is 30.4 Å². The fraction of sp³-hybridized carbons (Fsp3) is 0.125. The number of halogens is 3. The van der Waals surface area contributed by atoms with Gasteiger partial charge in [0.1, 0.15) is 17.6 Å². The van der Waals surface area contributed by atoms with Gasteiger partial charge in [-0.2, -0.15) is 13.2 Å². The van der Waals surface area contributed by atoms with Crippen molar-refractivity contribution in [2.75, 3.05) is 11.9 Å². The minimum absolute atomic E-state index is 0.0639. The standard InChI is InChI=1S/C24H18F3N3O4S/c25-24(26,27)15-6-9-21(17(12-15)22(33)30-23-28-10-11-35-23)34-16-7-4-14(5-8-16)18-2-1-3-19(29-18)20(32)13-31/h1-12,20,31-32H,13H2,(H,28,30,33). The molecule has 4 rings (SSSR count). The molecule has 2 heterocycles. The monoisotopic (exact) mass is 501 g/mol. The van der Waals surface area contributed by atoms with E-state index in [2.05, 4.69) is 15.3 Å². The van der Waals surface area contributed by atoms with Crippen molar-refractivity contribution in [2.45, 2.75) is 12.3 Å². The second kappa shape index (κ2) is 10.2. The van der Waals surface area contributed by atoms with E-state index in [1.807, 2.05) is 0 Å². The van der Waals surface area contributed by atoms with Gasteiger partial charge in [0.05, 0.1) is 29.1 Å². The molecule has 0 spiro atoms. The largest absolute Gasteiger partial charge is 0.457 e. The SMILES string of the molecule is O=C(Nc1nccs1)c1cc(C(F)(F)F)ccc1Oc1ccc(-c2cccc(C(O)CO)n2)cc1. The van der Waals surface area contributed by atoms with Crippen LogP contribution in [0.25, 0.3) is 11.3 Å². The number of nitrogens with zero attached hydrogens (tertiary/aromatic N) is 2. The molecule has 1 unspecified atom stereocenters. The number of aliphatic hydroxyl groups is 2. The van der Waals surface area contributed by atoms with Gasteiger partial charge in [0.2, 0.25) is 0 Å². The molecular weight excluding hydrogens is 483 g/mol. The van der Waals surface area contributed by atoms with Gasteiger partial charge in [-0.3, -0.25) is 10.1 Å². The van der Waals surface area contributed by atoms with Gasteiger partial charge in [0.15, 0.2) is 5.13 Å². The number of aromatic nitrogens is 2. The van der Waals surface area contributed by atoms with E-state index in [0.29, 0.717) is 17.0 Å². The molecule has 7 nitrogen and oxygen atoms in total. The number of alkyl halides is 3. The lowest BCUT2D eigenvalue weighted by Gasteiger charge is -2.14. The number of pyridine rings is 1. The van der Waals surface area contributed by atoms with Crippen LogP contribution >= 0.6 is 11.3 Å². The second-order valence-electron chi connectivity index (χ2n) is 7.27. The lowest BCUT2D eigenvalue weighted by atomic mass is 10.1. The minimum atomic E-state index is -4.64. The molecule has 0 aliphatic rings. The van der Waals surface area contributed by atoms with Gasteiger partial charge in [-0.05, 0) is 54.6 Å². The Morgan fingerprint density at radius 2 is 1.89 bits per heavy atom. The molecule has 11 heteroatoms. The predicted molar refractivity (Wildman–Crippen MR) is 123 cm³/mol. The number of hydrogen-bond acceptors (Lipinski definition) is 7. The molecule has 0 aliphatic heterocycles. The average molecular weight is 501 g/mol. The van der Waals surface area contributed by atoms with E-state index in [-0.39, 0.29) is 22.2 Å². The zero-order valence-electron chi connectivity index (χ0n) is 17.9. The quantitative estimate of drug-likeness (QED) is 0.318. The number of ether oxygens (including phenoxy) is 1. The number of amides is 1. The first-order valence-electron chi connectivity index (χ1n) is 10.2. The first-order chi connectivity index (χ1) is 16.7. The third-order valence-corrected chi connectivity index (χ3v) is 5.56. The fourth-order valence-electron chi connectivity index (χ4n) is 3.13. The number of nitrogens with one attached hydrogen (secondary N) is 1. The third kappa shape index (κ3) is 5.83. The Morgan fingerprint density at radius 1 is 1.11 bits per heavy atom. The normalized spacial score (nSPS) is 12.3. The Labute approximate surface area is 201 Å². The van der Waals surface area contributed by atoms with Crippen LogP contribution in [0.15, 0.2) is 72.2 Å². The van der Waals surface area contributed by atoms with Crippen molar-refractivity contribution in [3.05, 3.63) is 89.1 Å². The summed E-state index contributed by atoms with van der Waals surface area (Å²) in [5.41, 5.74) is 0.246. The van der Waals surface area contributed by atoms with Crippen molar-refractivity contribution in [3.63, 3.8) is 0 Å². The molecule has 3 N–H and O–H groups in total. The van der Waals surface area contributed by atoms with Gasteiger partial charge in [-0.1, -0.05) is 6.07 Å². The number of thiazole rings is 1. The van der Waals surface area contributed by atoms with Gasteiger partial charge in [0, 0.05) is 17.1 Å². The number of rotatable bonds is 7. The smallest absolute Gasteiger partial charge is 0.416 e. The first-order valence-corrected chi connectivity index (χ1v) is 11.1. The summed E-state index contributed by atoms with van der Waals surface area (Å²) in [4.78, 5) is 20.9. The minimum Gasteiger partial charge on any atom is -0.457 e. The molecule has 35 heavy (non-hydrogen) atoms. The number of anilines is 1. The maximum atomic E-state index is 13.3. The van der Waals surface area contributed by atoms with Gasteiger partial charge in [-0.25, -0.2) is 9.97 Å². The molecule has 0 radical (unpaired) electrons. The van der Waals surface area contributed by atoms with Crippen LogP contribution in [-0.2, 0) is 6.18 Å². The Morgan fingerprint density at radius 3 is 2.54 bits per heavy atom. The molecule has 2 aromatic heterocycles. The Kier molecular flexibility index (Phi) is 7.10. The number of benzene rings is 2. The molecule has 0 fully saturated rings. The number of carbonyl (C=O) groups excluding carboxylic acids is 1. The summed E-state index contributed by atoms with van der Waals surface area (Å²) in [5, 5.41) is 23.2. The zero-order chi connectivity index (χ0) is 25.0. The molecular formula is C24H18F3N3O4S. The van der Waals surface area contributed by atoms with Crippen LogP contribution in [0.4, 0.5) is 18.3 Å². The Hall–Kier alpha value is -3.80. The third-order valence-electron chi connectivity index (χ3n) is 4.87. The van der Waals surface area contributed by atoms with Crippen LogP contribution in [0.2, 0.25) is 0 Å². The summed E-state index contributed by atoms with van der Waals surface area (Å²) in [7, 11) is 0. The molecule has 1 amide bonds. The Bertz CT molecular complexity index is 1310. The number of carbonyl (C=O) groups is 1. The maximum Gasteiger partial charge on any atom is 0.416 e. The summed E-state index contributed by atoms with van der Waals surface area (Å²) in [6.45, 7) is -0.463. The predicted octanol–water partition coefficient (Wildman–Crippen LogP) is 5.29. The highest BCUT2D eigenvalue weighted by Gasteiger charge is 2.32. The van der Waals surface area contributed by atoms with Gasteiger partial charge < -0.3 is 14.9 Å². The van der Waals surface area contributed by atoms with Crippen molar-refractivity contribution in [1.29, 1.82) is 0 Å². The highest BCUT2D eigenvalue weighted by atomic mass is 32.1. The number of aliphatic hydroxyl groups excluding tert-OH is 2. The van der Waals surface area contributed by atoms with E-state index in [4.69, 9.17) is 9.84 Å². The molecule has 2 aromatic carbocycles.